The molecule has 13 nitrogen and oxygen atoms in total. The Morgan fingerprint density at radius 1 is 0.851 bits per heavy atom. The van der Waals surface area contributed by atoms with Gasteiger partial charge in [0.25, 0.3) is 11.5 Å². The number of aliphatic carboxylic acids is 1. The maximum Gasteiger partial charge on any atom is 0.322 e. The van der Waals surface area contributed by atoms with Crippen LogP contribution in [0.2, 0.25) is 0 Å². The molecule has 0 saturated heterocycles. The number of fused-ring (bicyclic) bond motifs is 2. The first kappa shape index (κ1) is 34.2. The number of nitrogens with zero attached hydrogens (tertiary/aromatic N) is 1. The van der Waals surface area contributed by atoms with Crippen LogP contribution in [0.25, 0.3) is 21.7 Å². The monoisotopic (exact) mass is 643 g/mol. The summed E-state index contributed by atoms with van der Waals surface area (Å²) >= 11 is 0. The van der Waals surface area contributed by atoms with Crippen molar-refractivity contribution in [2.24, 2.45) is 12.5 Å². The third-order valence-corrected chi connectivity index (χ3v) is 7.53. The summed E-state index contributed by atoms with van der Waals surface area (Å²) in [6, 6.07) is 17.3. The summed E-state index contributed by atoms with van der Waals surface area (Å²) in [7, 11) is 1.40. The standard InChI is InChI=1S/C34H37N5O8/c1-34(2,3)33(47)38-24(15-19-9-11-21-7-5-6-8-22(21)13-19)30(44)36-17-26(40)35-16-20-10-12-25-23(14-20)29(43)28(32(46)39(25)4)31(45)37-18-27(41)42/h5-14,24,43H,15-18H2,1-4H3,(H,35,40)(H,36,44)(H,37,45)(H,38,47)(H,41,42)/t24-/m0/s1. The minimum atomic E-state index is -1.32. The highest BCUT2D eigenvalue weighted by atomic mass is 16.4. The number of aromatic hydroxyl groups is 1. The zero-order valence-corrected chi connectivity index (χ0v) is 26.5. The molecular weight excluding hydrogens is 606 g/mol. The van der Waals surface area contributed by atoms with Gasteiger partial charge in [-0.25, -0.2) is 0 Å². The van der Waals surface area contributed by atoms with E-state index in [1.807, 2.05) is 42.5 Å². The van der Waals surface area contributed by atoms with Crippen molar-refractivity contribution in [2.45, 2.75) is 39.8 Å². The van der Waals surface area contributed by atoms with Crippen LogP contribution in [-0.4, -0.2) is 63.5 Å². The molecule has 246 valence electrons. The molecule has 4 amide bonds. The Bertz CT molecular complexity index is 1940. The minimum absolute atomic E-state index is 0.0191. The van der Waals surface area contributed by atoms with Gasteiger partial charge in [0.15, 0.2) is 0 Å². The number of carbonyl (C=O) groups is 5. The van der Waals surface area contributed by atoms with E-state index in [4.69, 9.17) is 5.11 Å². The summed E-state index contributed by atoms with van der Waals surface area (Å²) in [5.74, 6) is -4.36. The Hall–Kier alpha value is -5.72. The molecule has 0 aliphatic heterocycles. The topological polar surface area (TPSA) is 196 Å². The smallest absolute Gasteiger partial charge is 0.322 e. The van der Waals surface area contributed by atoms with Crippen molar-refractivity contribution in [3.8, 4) is 5.75 Å². The molecule has 0 spiro atoms. The fourth-order valence-corrected chi connectivity index (χ4v) is 4.88. The minimum Gasteiger partial charge on any atom is -0.506 e. The van der Waals surface area contributed by atoms with Gasteiger partial charge in [-0.05, 0) is 34.0 Å². The van der Waals surface area contributed by atoms with Gasteiger partial charge in [0.2, 0.25) is 17.7 Å². The fourth-order valence-electron chi connectivity index (χ4n) is 4.88. The van der Waals surface area contributed by atoms with Gasteiger partial charge in [0.05, 0.1) is 12.1 Å². The number of pyridine rings is 1. The average molecular weight is 644 g/mol. The Morgan fingerprint density at radius 3 is 2.21 bits per heavy atom. The predicted molar refractivity (Wildman–Crippen MR) is 175 cm³/mol. The molecule has 4 rings (SSSR count). The van der Waals surface area contributed by atoms with Crippen LogP contribution in [0.15, 0.2) is 65.5 Å². The third-order valence-electron chi connectivity index (χ3n) is 7.53. The number of nitrogens with one attached hydrogen (secondary N) is 4. The van der Waals surface area contributed by atoms with Crippen LogP contribution in [0.5, 0.6) is 5.75 Å². The van der Waals surface area contributed by atoms with Crippen LogP contribution in [0.4, 0.5) is 0 Å². The molecule has 4 aromatic rings. The summed E-state index contributed by atoms with van der Waals surface area (Å²) in [5.41, 5.74) is -0.520. The molecule has 0 aliphatic rings. The SMILES string of the molecule is Cn1c(=O)c(C(=O)NCC(=O)O)c(O)c2cc(CNC(=O)CNC(=O)[C@H](Cc3ccc4ccccc4c3)NC(=O)C(C)(C)C)ccc21. The van der Waals surface area contributed by atoms with E-state index in [9.17, 15) is 33.9 Å². The van der Waals surface area contributed by atoms with Crippen molar-refractivity contribution < 1.29 is 34.2 Å². The van der Waals surface area contributed by atoms with Gasteiger partial charge in [-0.2, -0.15) is 0 Å². The number of hydrogen-bond donors (Lipinski definition) is 6. The number of carboxylic acid groups (broad SMARTS) is 1. The molecule has 0 unspecified atom stereocenters. The summed E-state index contributed by atoms with van der Waals surface area (Å²) < 4.78 is 1.15. The van der Waals surface area contributed by atoms with E-state index in [-0.39, 0.29) is 30.8 Å². The highest BCUT2D eigenvalue weighted by Gasteiger charge is 2.28. The molecule has 1 atom stereocenters. The van der Waals surface area contributed by atoms with Gasteiger partial charge in [0.1, 0.15) is 23.9 Å². The van der Waals surface area contributed by atoms with E-state index in [0.29, 0.717) is 11.1 Å². The second kappa shape index (κ2) is 14.1. The Balaban J connectivity index is 1.44. The number of carboxylic acids is 1. The average Bonchev–Trinajstić information content (AvgIpc) is 3.03. The molecule has 3 aromatic carbocycles. The number of amides is 4. The summed E-state index contributed by atoms with van der Waals surface area (Å²) in [5, 5.41) is 31.9. The lowest BCUT2D eigenvalue weighted by Gasteiger charge is -2.24. The van der Waals surface area contributed by atoms with Gasteiger partial charge in [0, 0.05) is 30.8 Å². The van der Waals surface area contributed by atoms with Crippen LogP contribution in [-0.2, 0) is 39.2 Å². The van der Waals surface area contributed by atoms with Gasteiger partial charge < -0.3 is 36.0 Å². The van der Waals surface area contributed by atoms with Gasteiger partial charge in [-0.3, -0.25) is 28.8 Å². The van der Waals surface area contributed by atoms with E-state index < -0.39 is 58.6 Å². The molecule has 6 N–H and O–H groups in total. The third kappa shape index (κ3) is 8.31. The van der Waals surface area contributed by atoms with E-state index in [1.54, 1.807) is 26.8 Å². The molecule has 0 fully saturated rings. The number of hydrogen-bond acceptors (Lipinski definition) is 7. The Morgan fingerprint density at radius 2 is 1.53 bits per heavy atom. The number of benzene rings is 3. The number of rotatable bonds is 11. The quantitative estimate of drug-likeness (QED) is 0.142. The van der Waals surface area contributed by atoms with Crippen molar-refractivity contribution >= 4 is 51.3 Å². The maximum atomic E-state index is 13.2. The first-order valence-corrected chi connectivity index (χ1v) is 14.8. The van der Waals surface area contributed by atoms with Crippen LogP contribution in [0.3, 0.4) is 0 Å². The summed E-state index contributed by atoms with van der Waals surface area (Å²) in [6.07, 6.45) is 0.208. The molecule has 13 heteroatoms. The zero-order chi connectivity index (χ0) is 34.5. The van der Waals surface area contributed by atoms with Crippen LogP contribution >= 0.6 is 0 Å². The van der Waals surface area contributed by atoms with E-state index >= 15 is 0 Å². The lowest BCUT2D eigenvalue weighted by molar-refractivity contribution is -0.135. The van der Waals surface area contributed by atoms with Gasteiger partial charge >= 0.3 is 5.97 Å². The normalized spacial score (nSPS) is 11.9. The molecule has 47 heavy (non-hydrogen) atoms. The Kier molecular flexibility index (Phi) is 10.3. The van der Waals surface area contributed by atoms with Crippen LogP contribution in [0, 0.1) is 5.41 Å². The number of aryl methyl sites for hydroxylation is 1. The van der Waals surface area contributed by atoms with E-state index in [1.165, 1.54) is 19.2 Å². The lowest BCUT2D eigenvalue weighted by Crippen LogP contribution is -2.52. The van der Waals surface area contributed by atoms with Crippen molar-refractivity contribution in [3.63, 3.8) is 0 Å². The number of carbonyl (C=O) groups excluding carboxylic acids is 4. The van der Waals surface area contributed by atoms with Gasteiger partial charge in [-0.15, -0.1) is 0 Å². The summed E-state index contributed by atoms with van der Waals surface area (Å²) in [4.78, 5) is 74.8. The van der Waals surface area contributed by atoms with Crippen LogP contribution in [0.1, 0.15) is 42.3 Å². The Labute approximate surface area is 270 Å². The highest BCUT2D eigenvalue weighted by molar-refractivity contribution is 6.03. The maximum absolute atomic E-state index is 13.2. The molecule has 0 bridgehead atoms. The molecule has 0 radical (unpaired) electrons. The van der Waals surface area contributed by atoms with Gasteiger partial charge in [-0.1, -0.05) is 69.3 Å². The predicted octanol–water partition coefficient (Wildman–Crippen LogP) is 1.72. The first-order chi connectivity index (χ1) is 22.1. The molecule has 0 aliphatic carbocycles. The lowest BCUT2D eigenvalue weighted by atomic mass is 9.94. The fraction of sp³-hybridized carbons (Fsp3) is 0.294. The highest BCUT2D eigenvalue weighted by Crippen LogP contribution is 2.27. The van der Waals surface area contributed by atoms with E-state index in [2.05, 4.69) is 21.3 Å². The molecule has 1 aromatic heterocycles. The van der Waals surface area contributed by atoms with Crippen molar-refractivity contribution in [1.29, 1.82) is 0 Å². The van der Waals surface area contributed by atoms with E-state index in [0.717, 1.165) is 20.9 Å². The first-order valence-electron chi connectivity index (χ1n) is 14.8. The molecule has 0 saturated carbocycles. The molecular formula is C34H37N5O8. The van der Waals surface area contributed by atoms with Crippen molar-refractivity contribution in [2.75, 3.05) is 13.1 Å². The second-order valence-corrected chi connectivity index (χ2v) is 12.2. The zero-order valence-electron chi connectivity index (χ0n) is 26.5. The van der Waals surface area contributed by atoms with Crippen LogP contribution < -0.4 is 26.8 Å². The van der Waals surface area contributed by atoms with Crippen molar-refractivity contribution in [3.05, 3.63) is 87.7 Å². The largest absolute Gasteiger partial charge is 0.506 e. The molecule has 1 heterocycles. The second-order valence-electron chi connectivity index (χ2n) is 12.2. The summed E-state index contributed by atoms with van der Waals surface area (Å²) in [6.45, 7) is 4.08. The number of aromatic nitrogens is 1. The van der Waals surface area contributed by atoms with Crippen molar-refractivity contribution in [1.82, 2.24) is 25.8 Å².